The van der Waals surface area contributed by atoms with Crippen molar-refractivity contribution in [3.05, 3.63) is 125 Å². The molecule has 1 atom stereocenters. The molecule has 2 heterocycles. The number of hydrogen-bond donors (Lipinski definition) is 1. The van der Waals surface area contributed by atoms with Crippen LogP contribution in [0.25, 0.3) is 5.69 Å². The Hall–Kier alpha value is -3.93. The fraction of sp³-hybridized carbons (Fsp3) is 0.148. The van der Waals surface area contributed by atoms with E-state index in [-0.39, 0.29) is 6.03 Å². The Balaban J connectivity index is 1.57. The van der Waals surface area contributed by atoms with Crippen LogP contribution in [0.2, 0.25) is 0 Å². The van der Waals surface area contributed by atoms with Gasteiger partial charge in [-0.2, -0.15) is 0 Å². The molecule has 4 aromatic rings. The fourth-order valence-corrected chi connectivity index (χ4v) is 4.41. The highest BCUT2D eigenvalue weighted by atomic mass is 19.1. The molecule has 1 aliphatic heterocycles. The lowest BCUT2D eigenvalue weighted by Crippen LogP contribution is -2.41. The first-order chi connectivity index (χ1) is 16.0. The van der Waals surface area contributed by atoms with Gasteiger partial charge in [-0.05, 0) is 53.9 Å². The number of urea groups is 1. The first-order valence-electron chi connectivity index (χ1n) is 10.8. The van der Waals surface area contributed by atoms with Crippen LogP contribution in [0.3, 0.4) is 0 Å². The van der Waals surface area contributed by atoms with Crippen LogP contribution in [-0.4, -0.2) is 15.5 Å². The van der Waals surface area contributed by atoms with Crippen LogP contribution in [-0.2, 0) is 13.1 Å². The Bertz CT molecular complexity index is 1290. The zero-order chi connectivity index (χ0) is 22.9. The van der Waals surface area contributed by atoms with Crippen molar-refractivity contribution in [1.82, 2.24) is 14.8 Å². The highest BCUT2D eigenvalue weighted by molar-refractivity contribution is 5.76. The third-order valence-corrected chi connectivity index (χ3v) is 5.99. The van der Waals surface area contributed by atoms with Gasteiger partial charge in [0.15, 0.2) is 0 Å². The molecule has 0 spiro atoms. The molecule has 2 amide bonds. The van der Waals surface area contributed by atoms with E-state index >= 15 is 0 Å². The molecular formula is C27H23F2N3O. The molecule has 1 aliphatic rings. The standard InChI is InChI=1S/C27H23F2N3O/c1-18-8-10-19(11-9-18)16-30-27(33)32-17-20-5-2-3-6-24(20)31-12-4-7-25(31)26(32)21-13-22(28)15-23(29)14-21/h2-15,26H,16-17H2,1H3,(H,30,33)/t26-/m0/s1. The van der Waals surface area contributed by atoms with E-state index in [4.69, 9.17) is 0 Å². The smallest absolute Gasteiger partial charge is 0.318 e. The number of aromatic nitrogens is 1. The molecule has 1 N–H and O–H groups in total. The Morgan fingerprint density at radius 3 is 2.45 bits per heavy atom. The molecule has 0 fully saturated rings. The van der Waals surface area contributed by atoms with Gasteiger partial charge in [-0.25, -0.2) is 13.6 Å². The zero-order valence-electron chi connectivity index (χ0n) is 18.1. The molecule has 3 aromatic carbocycles. The van der Waals surface area contributed by atoms with Crippen LogP contribution in [0.4, 0.5) is 13.6 Å². The van der Waals surface area contributed by atoms with Crippen molar-refractivity contribution < 1.29 is 13.6 Å². The molecule has 0 unspecified atom stereocenters. The molecule has 33 heavy (non-hydrogen) atoms. The molecule has 0 aliphatic carbocycles. The number of benzene rings is 3. The Morgan fingerprint density at radius 1 is 0.970 bits per heavy atom. The SMILES string of the molecule is Cc1ccc(CNC(=O)N2Cc3ccccc3-n3cccc3[C@@H]2c2cc(F)cc(F)c2)cc1. The van der Waals surface area contributed by atoms with E-state index in [0.717, 1.165) is 34.1 Å². The van der Waals surface area contributed by atoms with Crippen LogP contribution in [0.15, 0.2) is 85.1 Å². The van der Waals surface area contributed by atoms with Crippen LogP contribution in [0, 0.1) is 18.6 Å². The lowest BCUT2D eigenvalue weighted by molar-refractivity contribution is 0.180. The Morgan fingerprint density at radius 2 is 1.70 bits per heavy atom. The normalized spacial score (nSPS) is 14.9. The van der Waals surface area contributed by atoms with Crippen molar-refractivity contribution in [1.29, 1.82) is 0 Å². The third kappa shape index (κ3) is 4.12. The molecule has 6 heteroatoms. The van der Waals surface area contributed by atoms with Crippen molar-refractivity contribution >= 4 is 6.03 Å². The minimum atomic E-state index is -0.676. The molecule has 0 saturated heterocycles. The number of halogens is 2. The number of amides is 2. The summed E-state index contributed by atoms with van der Waals surface area (Å²) < 4.78 is 30.4. The van der Waals surface area contributed by atoms with Gasteiger partial charge in [-0.15, -0.1) is 0 Å². The molecule has 0 bridgehead atoms. The van der Waals surface area contributed by atoms with E-state index in [0.29, 0.717) is 18.7 Å². The zero-order valence-corrected chi connectivity index (χ0v) is 18.1. The summed E-state index contributed by atoms with van der Waals surface area (Å²) in [5.74, 6) is -1.35. The number of hydrogen-bond acceptors (Lipinski definition) is 1. The predicted molar refractivity (Wildman–Crippen MR) is 123 cm³/mol. The fourth-order valence-electron chi connectivity index (χ4n) is 4.41. The predicted octanol–water partition coefficient (Wildman–Crippen LogP) is 5.88. The summed E-state index contributed by atoms with van der Waals surface area (Å²) in [7, 11) is 0. The average molecular weight is 443 g/mol. The number of rotatable bonds is 3. The largest absolute Gasteiger partial charge is 0.334 e. The van der Waals surface area contributed by atoms with Gasteiger partial charge in [-0.3, -0.25) is 0 Å². The average Bonchev–Trinajstić information content (AvgIpc) is 3.22. The molecule has 4 nitrogen and oxygen atoms in total. The van der Waals surface area contributed by atoms with E-state index in [1.165, 1.54) is 12.1 Å². The van der Waals surface area contributed by atoms with Crippen molar-refractivity contribution in [2.24, 2.45) is 0 Å². The van der Waals surface area contributed by atoms with Crippen LogP contribution < -0.4 is 5.32 Å². The van der Waals surface area contributed by atoms with Gasteiger partial charge in [0.2, 0.25) is 0 Å². The second kappa shape index (κ2) is 8.54. The van der Waals surface area contributed by atoms with Crippen molar-refractivity contribution in [3.8, 4) is 5.69 Å². The quantitative estimate of drug-likeness (QED) is 0.422. The number of carbonyl (C=O) groups is 1. The summed E-state index contributed by atoms with van der Waals surface area (Å²) in [6, 6.07) is 21.9. The number of nitrogens with one attached hydrogen (secondary N) is 1. The van der Waals surface area contributed by atoms with Gasteiger partial charge >= 0.3 is 6.03 Å². The summed E-state index contributed by atoms with van der Waals surface area (Å²) in [6.07, 6.45) is 1.91. The van der Waals surface area contributed by atoms with Gasteiger partial charge in [0.25, 0.3) is 0 Å². The minimum Gasteiger partial charge on any atom is -0.334 e. The molecule has 5 rings (SSSR count). The number of carbonyl (C=O) groups excluding carboxylic acids is 1. The maximum Gasteiger partial charge on any atom is 0.318 e. The van der Waals surface area contributed by atoms with Gasteiger partial charge in [0.05, 0.1) is 18.3 Å². The summed E-state index contributed by atoms with van der Waals surface area (Å²) in [4.78, 5) is 15.1. The van der Waals surface area contributed by atoms with E-state index in [1.807, 2.05) is 78.4 Å². The van der Waals surface area contributed by atoms with Crippen molar-refractivity contribution in [3.63, 3.8) is 0 Å². The summed E-state index contributed by atoms with van der Waals surface area (Å²) in [5, 5.41) is 2.99. The summed E-state index contributed by atoms with van der Waals surface area (Å²) in [5.41, 5.74) is 5.14. The third-order valence-electron chi connectivity index (χ3n) is 5.99. The monoisotopic (exact) mass is 443 g/mol. The highest BCUT2D eigenvalue weighted by Crippen LogP contribution is 2.37. The summed E-state index contributed by atoms with van der Waals surface area (Å²) >= 11 is 0. The minimum absolute atomic E-state index is 0.292. The number of nitrogens with zero attached hydrogens (tertiary/aromatic N) is 2. The Kier molecular flexibility index (Phi) is 5.42. The first kappa shape index (κ1) is 20.9. The lowest BCUT2D eigenvalue weighted by atomic mass is 10.0. The van der Waals surface area contributed by atoms with Crippen LogP contribution in [0.1, 0.15) is 34.0 Å². The molecular weight excluding hydrogens is 420 g/mol. The first-order valence-corrected chi connectivity index (χ1v) is 10.8. The van der Waals surface area contributed by atoms with E-state index in [2.05, 4.69) is 5.32 Å². The number of fused-ring (bicyclic) bond motifs is 3. The van der Waals surface area contributed by atoms with Crippen molar-refractivity contribution in [2.75, 3.05) is 0 Å². The van der Waals surface area contributed by atoms with Gasteiger partial charge in [0, 0.05) is 24.5 Å². The molecule has 0 saturated carbocycles. The van der Waals surface area contributed by atoms with Gasteiger partial charge in [0.1, 0.15) is 11.6 Å². The highest BCUT2D eigenvalue weighted by Gasteiger charge is 2.33. The van der Waals surface area contributed by atoms with Crippen molar-refractivity contribution in [2.45, 2.75) is 26.1 Å². The second-order valence-corrected chi connectivity index (χ2v) is 8.31. The van der Waals surface area contributed by atoms with E-state index in [1.54, 1.807) is 4.90 Å². The van der Waals surface area contributed by atoms with E-state index in [9.17, 15) is 13.6 Å². The second-order valence-electron chi connectivity index (χ2n) is 8.31. The number of para-hydroxylation sites is 1. The maximum atomic E-state index is 14.2. The lowest BCUT2D eigenvalue weighted by Gasteiger charge is -2.31. The van der Waals surface area contributed by atoms with Gasteiger partial charge < -0.3 is 14.8 Å². The van der Waals surface area contributed by atoms with E-state index < -0.39 is 17.7 Å². The number of aryl methyl sites for hydroxylation is 1. The van der Waals surface area contributed by atoms with Crippen LogP contribution in [0.5, 0.6) is 0 Å². The van der Waals surface area contributed by atoms with Crippen LogP contribution >= 0.6 is 0 Å². The molecule has 1 aromatic heterocycles. The summed E-state index contributed by atoms with van der Waals surface area (Å²) in [6.45, 7) is 2.65. The molecule has 0 radical (unpaired) electrons. The Labute approximate surface area is 191 Å². The maximum absolute atomic E-state index is 14.2. The topological polar surface area (TPSA) is 37.3 Å². The van der Waals surface area contributed by atoms with Gasteiger partial charge in [-0.1, -0.05) is 48.0 Å². The molecule has 166 valence electrons.